The van der Waals surface area contributed by atoms with Crippen molar-refractivity contribution in [3.8, 4) is 0 Å². The van der Waals surface area contributed by atoms with E-state index in [1.54, 1.807) is 0 Å². The van der Waals surface area contributed by atoms with Crippen molar-refractivity contribution in [2.24, 2.45) is 0 Å². The van der Waals surface area contributed by atoms with Crippen LogP contribution in [0.1, 0.15) is 12.8 Å². The fourth-order valence-corrected chi connectivity index (χ4v) is 1.40. The predicted octanol–water partition coefficient (Wildman–Crippen LogP) is 4.23. The molecule has 1 N–H and O–H groups in total. The Morgan fingerprint density at radius 1 is 1.19 bits per heavy atom. The van der Waals surface area contributed by atoms with Crippen LogP contribution in [0.4, 0.5) is 23.2 Å². The molecule has 0 bridgehead atoms. The van der Waals surface area contributed by atoms with Crippen molar-refractivity contribution in [3.05, 3.63) is 29.0 Å². The van der Waals surface area contributed by atoms with Gasteiger partial charge in [0.2, 0.25) is 0 Å². The Morgan fingerprint density at radius 3 is 2.44 bits per heavy atom. The minimum absolute atomic E-state index is 0.0579. The number of anilines is 1. The van der Waals surface area contributed by atoms with E-state index < -0.39 is 18.4 Å². The number of benzene rings is 1. The monoisotopic (exact) mass is 255 g/mol. The summed E-state index contributed by atoms with van der Waals surface area (Å²) < 4.78 is 48.2. The Labute approximate surface area is 95.4 Å². The Balaban J connectivity index is 2.37. The molecule has 6 heteroatoms. The largest absolute Gasteiger partial charge is 0.389 e. The molecule has 0 amide bonds. The number of alkyl halides is 3. The molecule has 1 aromatic carbocycles. The van der Waals surface area contributed by atoms with Crippen LogP contribution in [-0.2, 0) is 0 Å². The van der Waals surface area contributed by atoms with Crippen LogP contribution in [0.15, 0.2) is 18.2 Å². The maximum Gasteiger partial charge on any atom is 0.389 e. The zero-order valence-corrected chi connectivity index (χ0v) is 9.00. The molecule has 16 heavy (non-hydrogen) atoms. The lowest BCUT2D eigenvalue weighted by Crippen LogP contribution is -2.10. The highest BCUT2D eigenvalue weighted by atomic mass is 35.5. The van der Waals surface area contributed by atoms with E-state index in [0.717, 1.165) is 6.07 Å². The lowest BCUT2D eigenvalue weighted by Gasteiger charge is -2.08. The van der Waals surface area contributed by atoms with E-state index >= 15 is 0 Å². The topological polar surface area (TPSA) is 12.0 Å². The highest BCUT2D eigenvalue weighted by molar-refractivity contribution is 6.30. The van der Waals surface area contributed by atoms with Gasteiger partial charge in [-0.2, -0.15) is 13.2 Å². The second-order valence-electron chi connectivity index (χ2n) is 3.30. The quantitative estimate of drug-likeness (QED) is 0.627. The zero-order chi connectivity index (χ0) is 12.2. The van der Waals surface area contributed by atoms with Gasteiger partial charge in [0.1, 0.15) is 5.82 Å². The van der Waals surface area contributed by atoms with Crippen molar-refractivity contribution in [1.82, 2.24) is 0 Å². The minimum atomic E-state index is -4.15. The van der Waals surface area contributed by atoms with Gasteiger partial charge in [0.15, 0.2) is 0 Å². The van der Waals surface area contributed by atoms with E-state index in [1.165, 1.54) is 12.1 Å². The predicted molar refractivity (Wildman–Crippen MR) is 55.2 cm³/mol. The van der Waals surface area contributed by atoms with Crippen LogP contribution < -0.4 is 5.32 Å². The summed E-state index contributed by atoms with van der Waals surface area (Å²) in [5.41, 5.74) is 0.382. The van der Waals surface area contributed by atoms with Gasteiger partial charge in [0.25, 0.3) is 0 Å². The highest BCUT2D eigenvalue weighted by Crippen LogP contribution is 2.22. The van der Waals surface area contributed by atoms with E-state index in [1.807, 2.05) is 0 Å². The molecule has 1 rings (SSSR count). The number of hydrogen-bond acceptors (Lipinski definition) is 1. The van der Waals surface area contributed by atoms with Crippen LogP contribution >= 0.6 is 11.6 Å². The van der Waals surface area contributed by atoms with Crippen LogP contribution in [0.5, 0.6) is 0 Å². The standard InChI is InChI=1S/C10H10ClF4N/c11-7-4-8(12)6-9(5-7)16-3-1-2-10(13,14)15/h4-6,16H,1-3H2. The molecule has 0 heterocycles. The van der Waals surface area contributed by atoms with Crippen LogP contribution in [0.25, 0.3) is 0 Å². The van der Waals surface area contributed by atoms with Gasteiger partial charge < -0.3 is 5.32 Å². The molecule has 1 nitrogen and oxygen atoms in total. The summed E-state index contributed by atoms with van der Waals surface area (Å²) in [5, 5.41) is 2.88. The average molecular weight is 256 g/mol. The smallest absolute Gasteiger partial charge is 0.385 e. The van der Waals surface area contributed by atoms with Crippen molar-refractivity contribution in [2.45, 2.75) is 19.0 Å². The van der Waals surface area contributed by atoms with Crippen molar-refractivity contribution >= 4 is 17.3 Å². The van der Waals surface area contributed by atoms with Gasteiger partial charge in [0.05, 0.1) is 0 Å². The third-order valence-corrected chi connectivity index (χ3v) is 2.05. The summed E-state index contributed by atoms with van der Waals surface area (Å²) in [6.07, 6.45) is -5.07. The molecular formula is C10H10ClF4N. The number of rotatable bonds is 4. The van der Waals surface area contributed by atoms with Gasteiger partial charge in [-0.1, -0.05) is 11.6 Å². The average Bonchev–Trinajstić information content (AvgIpc) is 2.09. The maximum absolute atomic E-state index is 12.8. The molecule has 0 spiro atoms. The Bertz CT molecular complexity index is 331. The van der Waals surface area contributed by atoms with Crippen molar-refractivity contribution < 1.29 is 17.6 Å². The van der Waals surface area contributed by atoms with Gasteiger partial charge in [-0.25, -0.2) is 4.39 Å². The zero-order valence-electron chi connectivity index (χ0n) is 8.24. The fraction of sp³-hybridized carbons (Fsp3) is 0.400. The van der Waals surface area contributed by atoms with Gasteiger partial charge in [-0.15, -0.1) is 0 Å². The van der Waals surface area contributed by atoms with Crippen molar-refractivity contribution in [3.63, 3.8) is 0 Å². The Kier molecular flexibility index (Phi) is 4.41. The summed E-state index contributed by atoms with van der Waals surface area (Å²) in [6, 6.07) is 3.76. The van der Waals surface area contributed by atoms with Gasteiger partial charge in [-0.3, -0.25) is 0 Å². The summed E-state index contributed by atoms with van der Waals surface area (Å²) in [6.45, 7) is 0.124. The molecule has 0 aliphatic heterocycles. The van der Waals surface area contributed by atoms with Crippen molar-refractivity contribution in [2.75, 3.05) is 11.9 Å². The second kappa shape index (κ2) is 5.39. The molecule has 0 fully saturated rings. The molecule has 0 saturated heterocycles. The Hall–Kier alpha value is -0.970. The van der Waals surface area contributed by atoms with Crippen LogP contribution in [0, 0.1) is 5.82 Å². The molecule has 90 valence electrons. The SMILES string of the molecule is Fc1cc(Cl)cc(NCCCC(F)(F)F)c1. The van der Waals surface area contributed by atoms with Crippen molar-refractivity contribution in [1.29, 1.82) is 0 Å². The molecular weight excluding hydrogens is 246 g/mol. The normalized spacial score (nSPS) is 11.6. The summed E-state index contributed by atoms with van der Waals surface area (Å²) in [7, 11) is 0. The molecule has 1 aromatic rings. The molecule has 0 unspecified atom stereocenters. The summed E-state index contributed by atoms with van der Waals surface area (Å²) >= 11 is 5.58. The summed E-state index contributed by atoms with van der Waals surface area (Å²) in [4.78, 5) is 0. The lowest BCUT2D eigenvalue weighted by molar-refractivity contribution is -0.134. The van der Waals surface area contributed by atoms with E-state index in [2.05, 4.69) is 5.32 Å². The molecule has 0 aliphatic rings. The molecule has 0 aliphatic carbocycles. The van der Waals surface area contributed by atoms with E-state index in [9.17, 15) is 17.6 Å². The third kappa shape index (κ3) is 5.21. The van der Waals surface area contributed by atoms with E-state index in [0.29, 0.717) is 5.69 Å². The van der Waals surface area contributed by atoms with E-state index in [-0.39, 0.29) is 18.0 Å². The lowest BCUT2D eigenvalue weighted by atomic mass is 10.2. The third-order valence-electron chi connectivity index (χ3n) is 1.83. The van der Waals surface area contributed by atoms with Crippen LogP contribution in [0.2, 0.25) is 5.02 Å². The first-order chi connectivity index (χ1) is 7.37. The summed E-state index contributed by atoms with van der Waals surface area (Å²) in [5.74, 6) is -0.522. The van der Waals surface area contributed by atoms with Crippen LogP contribution in [0.3, 0.4) is 0 Å². The van der Waals surface area contributed by atoms with Gasteiger partial charge in [0, 0.05) is 23.7 Å². The first kappa shape index (κ1) is 13.1. The molecule has 0 atom stereocenters. The van der Waals surface area contributed by atoms with Gasteiger partial charge in [-0.05, 0) is 24.6 Å². The number of halogens is 5. The van der Waals surface area contributed by atoms with Crippen LogP contribution in [-0.4, -0.2) is 12.7 Å². The van der Waals surface area contributed by atoms with Gasteiger partial charge >= 0.3 is 6.18 Å². The molecule has 0 saturated carbocycles. The number of nitrogens with one attached hydrogen (secondary N) is 1. The fourth-order valence-electron chi connectivity index (χ4n) is 1.18. The Morgan fingerprint density at radius 2 is 1.88 bits per heavy atom. The highest BCUT2D eigenvalue weighted by Gasteiger charge is 2.25. The second-order valence-corrected chi connectivity index (χ2v) is 3.74. The minimum Gasteiger partial charge on any atom is -0.385 e. The first-order valence-corrected chi connectivity index (χ1v) is 5.01. The molecule has 0 aromatic heterocycles. The number of hydrogen-bond donors (Lipinski definition) is 1. The first-order valence-electron chi connectivity index (χ1n) is 4.63. The van der Waals surface area contributed by atoms with E-state index in [4.69, 9.17) is 11.6 Å². The molecule has 0 radical (unpaired) electrons. The maximum atomic E-state index is 12.8.